The van der Waals surface area contributed by atoms with Crippen LogP contribution in [-0.4, -0.2) is 18.8 Å². The number of quaternary nitrogens is 1. The Morgan fingerprint density at radius 2 is 2.31 bits per heavy atom. The molecule has 0 atom stereocenters. The van der Waals surface area contributed by atoms with E-state index in [4.69, 9.17) is 4.74 Å². The molecule has 0 amide bonds. The molecule has 1 heterocycles. The van der Waals surface area contributed by atoms with Gasteiger partial charge in [-0.25, -0.2) is 0 Å². The first-order chi connectivity index (χ1) is 6.33. The van der Waals surface area contributed by atoms with Crippen molar-refractivity contribution in [2.45, 2.75) is 13.0 Å². The van der Waals surface area contributed by atoms with Crippen LogP contribution in [0, 0.1) is 0 Å². The van der Waals surface area contributed by atoms with Crippen LogP contribution >= 0.6 is 0 Å². The highest BCUT2D eigenvalue weighted by Crippen LogP contribution is 2.32. The normalized spacial score (nSPS) is 15.2. The molecular weight excluding hydrogens is 166 g/mol. The monoisotopic (exact) mass is 180 g/mol. The maximum absolute atomic E-state index is 9.79. The van der Waals surface area contributed by atoms with Crippen molar-refractivity contribution in [3.05, 3.63) is 23.3 Å². The third kappa shape index (κ3) is 1.35. The molecule has 0 saturated heterocycles. The van der Waals surface area contributed by atoms with Crippen LogP contribution in [0.4, 0.5) is 0 Å². The van der Waals surface area contributed by atoms with E-state index in [1.54, 1.807) is 7.11 Å². The van der Waals surface area contributed by atoms with Gasteiger partial charge in [0.1, 0.15) is 6.54 Å². The zero-order chi connectivity index (χ0) is 9.26. The summed E-state index contributed by atoms with van der Waals surface area (Å²) in [6.07, 6.45) is 1.03. The van der Waals surface area contributed by atoms with E-state index in [-0.39, 0.29) is 0 Å². The lowest BCUT2D eigenvalue weighted by atomic mass is 10.00. The SMILES string of the molecule is COc1ccc2c(c1O)C[NH2+]CC2. The van der Waals surface area contributed by atoms with Gasteiger partial charge in [0.15, 0.2) is 11.5 Å². The van der Waals surface area contributed by atoms with E-state index in [0.717, 1.165) is 25.1 Å². The summed E-state index contributed by atoms with van der Waals surface area (Å²) in [5.74, 6) is 0.894. The second-order valence-electron chi connectivity index (χ2n) is 3.29. The van der Waals surface area contributed by atoms with E-state index < -0.39 is 0 Å². The van der Waals surface area contributed by atoms with Gasteiger partial charge in [0.2, 0.25) is 0 Å². The minimum atomic E-state index is 0.316. The first-order valence-electron chi connectivity index (χ1n) is 4.52. The Balaban J connectivity index is 2.48. The predicted octanol–water partition coefficient (Wildman–Crippen LogP) is 0.0203. The van der Waals surface area contributed by atoms with Crippen LogP contribution in [-0.2, 0) is 13.0 Å². The number of aromatic hydroxyl groups is 1. The van der Waals surface area contributed by atoms with Crippen molar-refractivity contribution in [2.75, 3.05) is 13.7 Å². The predicted molar refractivity (Wildman–Crippen MR) is 48.9 cm³/mol. The van der Waals surface area contributed by atoms with Gasteiger partial charge in [0.05, 0.1) is 19.2 Å². The van der Waals surface area contributed by atoms with Crippen LogP contribution in [0.15, 0.2) is 12.1 Å². The second kappa shape index (κ2) is 3.26. The van der Waals surface area contributed by atoms with Crippen LogP contribution < -0.4 is 10.1 Å². The first kappa shape index (κ1) is 8.38. The molecule has 70 valence electrons. The Labute approximate surface area is 77.3 Å². The van der Waals surface area contributed by atoms with Gasteiger partial charge in [0.25, 0.3) is 0 Å². The Morgan fingerprint density at radius 1 is 1.46 bits per heavy atom. The maximum atomic E-state index is 9.79. The van der Waals surface area contributed by atoms with Crippen LogP contribution in [0.2, 0.25) is 0 Å². The van der Waals surface area contributed by atoms with Gasteiger partial charge in [-0.2, -0.15) is 0 Å². The third-order valence-corrected chi connectivity index (χ3v) is 2.53. The Morgan fingerprint density at radius 3 is 3.08 bits per heavy atom. The smallest absolute Gasteiger partial charge is 0.166 e. The molecule has 0 aliphatic carbocycles. The van der Waals surface area contributed by atoms with Crippen LogP contribution in [0.3, 0.4) is 0 Å². The highest BCUT2D eigenvalue weighted by atomic mass is 16.5. The zero-order valence-corrected chi connectivity index (χ0v) is 7.71. The molecule has 1 aliphatic rings. The summed E-state index contributed by atoms with van der Waals surface area (Å²) >= 11 is 0. The fourth-order valence-electron chi connectivity index (χ4n) is 1.79. The lowest BCUT2D eigenvalue weighted by Gasteiger charge is -2.16. The molecule has 0 saturated carbocycles. The van der Waals surface area contributed by atoms with E-state index in [2.05, 4.69) is 5.32 Å². The highest BCUT2D eigenvalue weighted by molar-refractivity contribution is 5.49. The summed E-state index contributed by atoms with van der Waals surface area (Å²) < 4.78 is 5.05. The summed E-state index contributed by atoms with van der Waals surface area (Å²) in [6.45, 7) is 1.97. The average molecular weight is 180 g/mol. The molecule has 0 fully saturated rings. The second-order valence-corrected chi connectivity index (χ2v) is 3.29. The summed E-state index contributed by atoms with van der Waals surface area (Å²) in [5.41, 5.74) is 2.28. The molecule has 3 heteroatoms. The lowest BCUT2D eigenvalue weighted by molar-refractivity contribution is -0.673. The van der Waals surface area contributed by atoms with Crippen molar-refractivity contribution in [1.29, 1.82) is 0 Å². The first-order valence-corrected chi connectivity index (χ1v) is 4.52. The zero-order valence-electron chi connectivity index (χ0n) is 7.71. The third-order valence-electron chi connectivity index (χ3n) is 2.53. The number of benzene rings is 1. The standard InChI is InChI=1S/C10H13NO2/c1-13-9-3-2-7-4-5-11-6-8(7)10(9)12/h2-3,11-12H,4-6H2,1H3/p+1. The van der Waals surface area contributed by atoms with Gasteiger partial charge in [-0.15, -0.1) is 0 Å². The van der Waals surface area contributed by atoms with Crippen molar-refractivity contribution < 1.29 is 15.2 Å². The van der Waals surface area contributed by atoms with E-state index >= 15 is 0 Å². The molecule has 0 aromatic heterocycles. The fraction of sp³-hybridized carbons (Fsp3) is 0.400. The van der Waals surface area contributed by atoms with Crippen molar-refractivity contribution in [2.24, 2.45) is 0 Å². The lowest BCUT2D eigenvalue weighted by Crippen LogP contribution is -2.84. The minimum Gasteiger partial charge on any atom is -0.504 e. The maximum Gasteiger partial charge on any atom is 0.166 e. The van der Waals surface area contributed by atoms with Crippen molar-refractivity contribution in [3.63, 3.8) is 0 Å². The van der Waals surface area contributed by atoms with Gasteiger partial charge in [-0.1, -0.05) is 6.07 Å². The molecule has 1 aliphatic heterocycles. The van der Waals surface area contributed by atoms with Crippen LogP contribution in [0.1, 0.15) is 11.1 Å². The summed E-state index contributed by atoms with van der Waals surface area (Å²) in [5, 5.41) is 12.0. The van der Waals surface area contributed by atoms with Gasteiger partial charge < -0.3 is 15.2 Å². The number of hydrogen-bond donors (Lipinski definition) is 2. The number of phenolic OH excluding ortho intramolecular Hbond substituents is 1. The van der Waals surface area contributed by atoms with E-state index in [9.17, 15) is 5.11 Å². The van der Waals surface area contributed by atoms with Gasteiger partial charge in [-0.05, 0) is 11.6 Å². The summed E-state index contributed by atoms with van der Waals surface area (Å²) in [4.78, 5) is 0. The molecular formula is C10H14NO2+. The van der Waals surface area contributed by atoms with Gasteiger partial charge in [0, 0.05) is 6.42 Å². The Hall–Kier alpha value is -1.22. The molecule has 1 aromatic rings. The number of hydrogen-bond acceptors (Lipinski definition) is 2. The summed E-state index contributed by atoms with van der Waals surface area (Å²) in [7, 11) is 1.58. The van der Waals surface area contributed by atoms with E-state index in [0.29, 0.717) is 11.5 Å². The molecule has 2 rings (SSSR count). The van der Waals surface area contributed by atoms with Crippen molar-refractivity contribution >= 4 is 0 Å². The molecule has 3 N–H and O–H groups in total. The number of methoxy groups -OCH3 is 1. The highest BCUT2D eigenvalue weighted by Gasteiger charge is 2.17. The van der Waals surface area contributed by atoms with E-state index in [1.807, 2.05) is 12.1 Å². The van der Waals surface area contributed by atoms with Crippen molar-refractivity contribution in [1.82, 2.24) is 0 Å². The number of rotatable bonds is 1. The fourth-order valence-corrected chi connectivity index (χ4v) is 1.79. The quantitative estimate of drug-likeness (QED) is 0.640. The Bertz CT molecular complexity index is 323. The summed E-state index contributed by atoms with van der Waals surface area (Å²) in [6, 6.07) is 3.88. The largest absolute Gasteiger partial charge is 0.504 e. The molecule has 0 bridgehead atoms. The van der Waals surface area contributed by atoms with Crippen molar-refractivity contribution in [3.8, 4) is 11.5 Å². The average Bonchev–Trinajstić information content (AvgIpc) is 2.19. The van der Waals surface area contributed by atoms with Gasteiger partial charge in [-0.3, -0.25) is 0 Å². The molecule has 13 heavy (non-hydrogen) atoms. The Kier molecular flexibility index (Phi) is 2.10. The number of fused-ring (bicyclic) bond motifs is 1. The molecule has 3 nitrogen and oxygen atoms in total. The number of phenols is 1. The van der Waals surface area contributed by atoms with E-state index in [1.165, 1.54) is 5.56 Å². The molecule has 1 aromatic carbocycles. The molecule has 0 radical (unpaired) electrons. The topological polar surface area (TPSA) is 46.1 Å². The number of nitrogens with two attached hydrogens (primary N) is 1. The molecule has 0 spiro atoms. The van der Waals surface area contributed by atoms with Gasteiger partial charge >= 0.3 is 0 Å². The van der Waals surface area contributed by atoms with Crippen LogP contribution in [0.5, 0.6) is 11.5 Å². The van der Waals surface area contributed by atoms with Crippen LogP contribution in [0.25, 0.3) is 0 Å². The minimum absolute atomic E-state index is 0.316. The molecule has 0 unspecified atom stereocenters. The number of ether oxygens (including phenoxy) is 1.